The van der Waals surface area contributed by atoms with Crippen molar-refractivity contribution < 1.29 is 9.59 Å². The zero-order chi connectivity index (χ0) is 15.4. The number of amides is 2. The first-order valence-corrected chi connectivity index (χ1v) is 7.19. The van der Waals surface area contributed by atoms with E-state index in [1.165, 1.54) is 24.4 Å². The van der Waals surface area contributed by atoms with Crippen molar-refractivity contribution in [3.63, 3.8) is 0 Å². The number of carbonyl (C=O) groups excluding carboxylic acids is 2. The normalized spacial score (nSPS) is 10.0. The minimum Gasteiger partial charge on any atom is -0.267 e. The molecule has 1 heterocycles. The van der Waals surface area contributed by atoms with Crippen molar-refractivity contribution in [2.24, 2.45) is 0 Å². The third-order valence-corrected chi connectivity index (χ3v) is 3.60. The molecule has 21 heavy (non-hydrogen) atoms. The molecule has 1 aromatic heterocycles. The van der Waals surface area contributed by atoms with E-state index in [1.54, 1.807) is 12.1 Å². The number of halogens is 3. The first-order chi connectivity index (χ1) is 9.97. The Balaban J connectivity index is 2.02. The average molecular weight is 389 g/mol. The second kappa shape index (κ2) is 6.89. The molecule has 2 N–H and O–H groups in total. The summed E-state index contributed by atoms with van der Waals surface area (Å²) in [5.41, 5.74) is 5.14. The molecule has 108 valence electrons. The van der Waals surface area contributed by atoms with Crippen LogP contribution in [0.15, 0.2) is 41.0 Å². The van der Waals surface area contributed by atoms with Crippen LogP contribution in [0, 0.1) is 0 Å². The number of hydrogen-bond donors (Lipinski definition) is 2. The minimum atomic E-state index is -0.509. The Hall–Kier alpha value is -1.63. The van der Waals surface area contributed by atoms with E-state index in [0.717, 1.165) is 0 Å². The first kappa shape index (κ1) is 15.8. The summed E-state index contributed by atoms with van der Waals surface area (Å²) in [5, 5.41) is 0.690. The molecule has 5 nitrogen and oxygen atoms in total. The highest BCUT2D eigenvalue weighted by Crippen LogP contribution is 2.20. The van der Waals surface area contributed by atoms with Gasteiger partial charge in [-0.2, -0.15) is 0 Å². The fraction of sp³-hybridized carbons (Fsp3) is 0. The number of nitrogens with one attached hydrogen (secondary N) is 2. The van der Waals surface area contributed by atoms with E-state index < -0.39 is 11.8 Å². The van der Waals surface area contributed by atoms with Crippen molar-refractivity contribution in [1.29, 1.82) is 0 Å². The van der Waals surface area contributed by atoms with E-state index in [9.17, 15) is 9.59 Å². The van der Waals surface area contributed by atoms with Crippen LogP contribution in [0.1, 0.15) is 20.7 Å². The molecule has 0 radical (unpaired) electrons. The number of hydrogen-bond acceptors (Lipinski definition) is 3. The second-order valence-corrected chi connectivity index (χ2v) is 5.58. The number of nitrogens with zero attached hydrogens (tertiary/aromatic N) is 1. The van der Waals surface area contributed by atoms with Crippen LogP contribution in [0.4, 0.5) is 0 Å². The van der Waals surface area contributed by atoms with Crippen molar-refractivity contribution in [2.75, 3.05) is 0 Å². The maximum Gasteiger partial charge on any atom is 0.271 e. The highest BCUT2D eigenvalue weighted by molar-refractivity contribution is 9.10. The number of aromatic nitrogens is 1. The molecule has 0 spiro atoms. The molecule has 0 fully saturated rings. The number of pyridine rings is 1. The Kier molecular flexibility index (Phi) is 5.17. The Bertz CT molecular complexity index is 692. The van der Waals surface area contributed by atoms with Crippen LogP contribution in [0.2, 0.25) is 10.2 Å². The van der Waals surface area contributed by atoms with Crippen molar-refractivity contribution in [1.82, 2.24) is 15.8 Å². The number of benzene rings is 1. The third-order valence-electron chi connectivity index (χ3n) is 2.45. The Morgan fingerprint density at radius 1 is 1.05 bits per heavy atom. The minimum absolute atomic E-state index is 0.268. The van der Waals surface area contributed by atoms with Crippen LogP contribution in [0.5, 0.6) is 0 Å². The molecular weight excluding hydrogens is 381 g/mol. The van der Waals surface area contributed by atoms with E-state index >= 15 is 0 Å². The highest BCUT2D eigenvalue weighted by Gasteiger charge is 2.12. The van der Waals surface area contributed by atoms with Crippen LogP contribution < -0.4 is 10.9 Å². The van der Waals surface area contributed by atoms with Crippen LogP contribution in [0.25, 0.3) is 0 Å². The molecule has 0 bridgehead atoms. The first-order valence-electron chi connectivity index (χ1n) is 5.64. The van der Waals surface area contributed by atoms with Gasteiger partial charge in [0, 0.05) is 15.7 Å². The second-order valence-electron chi connectivity index (χ2n) is 3.90. The Morgan fingerprint density at radius 2 is 1.76 bits per heavy atom. The maximum atomic E-state index is 12.0. The van der Waals surface area contributed by atoms with E-state index in [0.29, 0.717) is 15.1 Å². The van der Waals surface area contributed by atoms with Gasteiger partial charge in [-0.3, -0.25) is 20.4 Å². The topological polar surface area (TPSA) is 71.1 Å². The van der Waals surface area contributed by atoms with Crippen LogP contribution in [0.3, 0.4) is 0 Å². The molecule has 0 atom stereocenters. The van der Waals surface area contributed by atoms with Gasteiger partial charge in [-0.1, -0.05) is 23.2 Å². The van der Waals surface area contributed by atoms with Gasteiger partial charge in [-0.05, 0) is 46.3 Å². The monoisotopic (exact) mass is 387 g/mol. The van der Waals surface area contributed by atoms with Crippen LogP contribution in [-0.4, -0.2) is 16.8 Å². The molecule has 0 saturated heterocycles. The number of carbonyl (C=O) groups is 2. The quantitative estimate of drug-likeness (QED) is 0.612. The lowest BCUT2D eigenvalue weighted by Crippen LogP contribution is -2.41. The molecule has 1 aromatic carbocycles. The number of rotatable bonds is 2. The fourth-order valence-electron chi connectivity index (χ4n) is 1.43. The van der Waals surface area contributed by atoms with E-state index in [2.05, 4.69) is 31.8 Å². The highest BCUT2D eigenvalue weighted by atomic mass is 79.9. The zero-order valence-corrected chi connectivity index (χ0v) is 13.5. The van der Waals surface area contributed by atoms with Gasteiger partial charge in [0.25, 0.3) is 11.8 Å². The summed E-state index contributed by atoms with van der Waals surface area (Å²) in [6, 6.07) is 7.73. The van der Waals surface area contributed by atoms with Gasteiger partial charge < -0.3 is 0 Å². The summed E-state index contributed by atoms with van der Waals surface area (Å²) >= 11 is 14.7. The molecule has 2 rings (SSSR count). The smallest absolute Gasteiger partial charge is 0.267 e. The van der Waals surface area contributed by atoms with Gasteiger partial charge in [0.15, 0.2) is 0 Å². The Morgan fingerprint density at radius 3 is 2.43 bits per heavy atom. The summed E-state index contributed by atoms with van der Waals surface area (Å²) in [5.74, 6) is -1.01. The van der Waals surface area contributed by atoms with E-state index in [-0.39, 0.29) is 10.7 Å². The molecule has 0 unspecified atom stereocenters. The van der Waals surface area contributed by atoms with Crippen molar-refractivity contribution in [3.8, 4) is 0 Å². The van der Waals surface area contributed by atoms with Crippen molar-refractivity contribution in [2.45, 2.75) is 0 Å². The van der Waals surface area contributed by atoms with Gasteiger partial charge in [0.2, 0.25) is 0 Å². The molecule has 0 aliphatic heterocycles. The molecule has 0 aliphatic carbocycles. The summed E-state index contributed by atoms with van der Waals surface area (Å²) in [6.07, 6.45) is 1.30. The Labute approximate surface area is 138 Å². The third kappa shape index (κ3) is 4.17. The van der Waals surface area contributed by atoms with Gasteiger partial charge >= 0.3 is 0 Å². The lowest BCUT2D eigenvalue weighted by Gasteiger charge is -2.08. The molecule has 8 heteroatoms. The summed E-state index contributed by atoms with van der Waals surface area (Å²) in [6.45, 7) is 0. The fourth-order valence-corrected chi connectivity index (χ4v) is 2.15. The SMILES string of the molecule is O=C(NNC(=O)c1cc(Cl)ccc1Br)c1ccc(Cl)nc1. The van der Waals surface area contributed by atoms with Crippen molar-refractivity contribution in [3.05, 3.63) is 62.3 Å². The standard InChI is InChI=1S/C13H8BrCl2N3O2/c14-10-3-2-8(15)5-9(10)13(21)19-18-12(20)7-1-4-11(16)17-6-7/h1-6H,(H,18,20)(H,19,21). The lowest BCUT2D eigenvalue weighted by molar-refractivity contribution is 0.0846. The van der Waals surface area contributed by atoms with E-state index in [1.807, 2.05) is 0 Å². The van der Waals surface area contributed by atoms with Crippen LogP contribution >= 0.6 is 39.1 Å². The largest absolute Gasteiger partial charge is 0.271 e. The summed E-state index contributed by atoms with van der Waals surface area (Å²) in [7, 11) is 0. The van der Waals surface area contributed by atoms with Gasteiger partial charge in [-0.25, -0.2) is 4.98 Å². The molecular formula is C13H8BrCl2N3O2. The molecule has 0 saturated carbocycles. The number of hydrazine groups is 1. The van der Waals surface area contributed by atoms with E-state index in [4.69, 9.17) is 23.2 Å². The zero-order valence-electron chi connectivity index (χ0n) is 10.4. The van der Waals surface area contributed by atoms with Gasteiger partial charge in [0.05, 0.1) is 11.1 Å². The summed E-state index contributed by atoms with van der Waals surface area (Å²) in [4.78, 5) is 27.5. The van der Waals surface area contributed by atoms with Gasteiger partial charge in [-0.15, -0.1) is 0 Å². The average Bonchev–Trinajstić information content (AvgIpc) is 2.47. The molecule has 2 amide bonds. The molecule has 0 aliphatic rings. The predicted octanol–water partition coefficient (Wildman–Crippen LogP) is 3.23. The predicted molar refractivity (Wildman–Crippen MR) is 83.3 cm³/mol. The molecule has 2 aromatic rings. The summed E-state index contributed by atoms with van der Waals surface area (Å²) < 4.78 is 0.562. The maximum absolute atomic E-state index is 12.0. The van der Waals surface area contributed by atoms with Gasteiger partial charge in [0.1, 0.15) is 5.15 Å². The lowest BCUT2D eigenvalue weighted by atomic mass is 10.2. The van der Waals surface area contributed by atoms with Crippen LogP contribution in [-0.2, 0) is 0 Å². The van der Waals surface area contributed by atoms with Crippen molar-refractivity contribution >= 4 is 50.9 Å².